The van der Waals surface area contributed by atoms with E-state index in [1.807, 2.05) is 0 Å². The molecule has 1 aliphatic rings. The molecule has 2 nitrogen and oxygen atoms in total. The van der Waals surface area contributed by atoms with Crippen molar-refractivity contribution in [3.8, 4) is 0 Å². The lowest BCUT2D eigenvalue weighted by Crippen LogP contribution is -2.56. The zero-order valence-corrected chi connectivity index (χ0v) is 14.2. The lowest BCUT2D eigenvalue weighted by atomic mass is 9.97. The summed E-state index contributed by atoms with van der Waals surface area (Å²) in [5, 5.41) is 3.77. The molecule has 0 spiro atoms. The van der Waals surface area contributed by atoms with Crippen molar-refractivity contribution in [2.75, 3.05) is 13.1 Å². The molecule has 21 heavy (non-hydrogen) atoms. The van der Waals surface area contributed by atoms with Gasteiger partial charge in [0.2, 0.25) is 0 Å². The first-order valence-corrected chi connectivity index (χ1v) is 8.61. The van der Waals surface area contributed by atoms with Crippen LogP contribution in [-0.2, 0) is 6.54 Å². The number of benzene rings is 1. The predicted octanol–water partition coefficient (Wildman–Crippen LogP) is 3.98. The summed E-state index contributed by atoms with van der Waals surface area (Å²) in [4.78, 5) is 2.71. The Morgan fingerprint density at radius 2 is 1.95 bits per heavy atom. The Morgan fingerprint density at radius 3 is 2.57 bits per heavy atom. The van der Waals surface area contributed by atoms with E-state index in [9.17, 15) is 0 Å². The van der Waals surface area contributed by atoms with Crippen LogP contribution in [0.15, 0.2) is 24.3 Å². The minimum Gasteiger partial charge on any atom is -0.311 e. The average molecular weight is 288 g/mol. The highest BCUT2D eigenvalue weighted by atomic mass is 15.2. The molecular weight excluding hydrogens is 256 g/mol. The zero-order valence-electron chi connectivity index (χ0n) is 14.2. The summed E-state index contributed by atoms with van der Waals surface area (Å²) in [6.07, 6.45) is 3.85. The van der Waals surface area contributed by atoms with E-state index >= 15 is 0 Å². The van der Waals surface area contributed by atoms with Crippen molar-refractivity contribution in [2.24, 2.45) is 5.92 Å². The Labute approximate surface area is 130 Å². The molecule has 0 aromatic heterocycles. The van der Waals surface area contributed by atoms with Gasteiger partial charge in [-0.15, -0.1) is 0 Å². The molecular formula is C19H32N2. The topological polar surface area (TPSA) is 15.3 Å². The van der Waals surface area contributed by atoms with E-state index in [4.69, 9.17) is 0 Å². The van der Waals surface area contributed by atoms with Crippen LogP contribution in [0.5, 0.6) is 0 Å². The van der Waals surface area contributed by atoms with Gasteiger partial charge in [0.05, 0.1) is 0 Å². The summed E-state index contributed by atoms with van der Waals surface area (Å²) in [7, 11) is 0. The summed E-state index contributed by atoms with van der Waals surface area (Å²) in [6, 6.07) is 10.4. The molecule has 0 aliphatic carbocycles. The Balaban J connectivity index is 2.01. The van der Waals surface area contributed by atoms with Crippen molar-refractivity contribution in [2.45, 2.75) is 65.6 Å². The molecule has 118 valence electrons. The maximum absolute atomic E-state index is 3.77. The monoisotopic (exact) mass is 288 g/mol. The molecule has 2 rings (SSSR count). The van der Waals surface area contributed by atoms with Crippen LogP contribution in [0.2, 0.25) is 0 Å². The van der Waals surface area contributed by atoms with Crippen molar-refractivity contribution in [3.05, 3.63) is 35.4 Å². The quantitative estimate of drug-likeness (QED) is 0.851. The predicted molar refractivity (Wildman–Crippen MR) is 91.5 cm³/mol. The maximum atomic E-state index is 3.77. The molecule has 1 aliphatic heterocycles. The van der Waals surface area contributed by atoms with Gasteiger partial charge in [0.1, 0.15) is 0 Å². The molecule has 1 fully saturated rings. The SMILES string of the molecule is CCCC1CNC(CC(C)C)CN1Cc1ccc(C)cc1. The fraction of sp³-hybridized carbons (Fsp3) is 0.684. The van der Waals surface area contributed by atoms with Gasteiger partial charge >= 0.3 is 0 Å². The number of nitrogens with zero attached hydrogens (tertiary/aromatic N) is 1. The average Bonchev–Trinajstić information content (AvgIpc) is 2.44. The second kappa shape index (κ2) is 7.95. The highest BCUT2D eigenvalue weighted by Gasteiger charge is 2.27. The highest BCUT2D eigenvalue weighted by molar-refractivity contribution is 5.21. The molecule has 1 heterocycles. The van der Waals surface area contributed by atoms with E-state index in [1.54, 1.807) is 0 Å². The van der Waals surface area contributed by atoms with Crippen molar-refractivity contribution in [1.82, 2.24) is 10.2 Å². The number of piperazine rings is 1. The minimum atomic E-state index is 0.656. The Hall–Kier alpha value is -0.860. The molecule has 0 saturated carbocycles. The second-order valence-corrected chi connectivity index (χ2v) is 7.09. The van der Waals surface area contributed by atoms with Crippen molar-refractivity contribution in [3.63, 3.8) is 0 Å². The van der Waals surface area contributed by atoms with Gasteiger partial charge in [-0.3, -0.25) is 4.90 Å². The van der Waals surface area contributed by atoms with Crippen molar-refractivity contribution >= 4 is 0 Å². The smallest absolute Gasteiger partial charge is 0.0237 e. The molecule has 2 heteroatoms. The Morgan fingerprint density at radius 1 is 1.24 bits per heavy atom. The zero-order chi connectivity index (χ0) is 15.2. The Bertz CT molecular complexity index is 410. The number of nitrogens with one attached hydrogen (secondary N) is 1. The van der Waals surface area contributed by atoms with Gasteiger partial charge in [-0.25, -0.2) is 0 Å². The second-order valence-electron chi connectivity index (χ2n) is 7.09. The first kappa shape index (κ1) is 16.5. The van der Waals surface area contributed by atoms with Crippen LogP contribution in [0.1, 0.15) is 51.2 Å². The third-order valence-corrected chi connectivity index (χ3v) is 4.50. The summed E-state index contributed by atoms with van der Waals surface area (Å²) < 4.78 is 0. The number of rotatable bonds is 6. The van der Waals surface area contributed by atoms with Crippen LogP contribution >= 0.6 is 0 Å². The van der Waals surface area contributed by atoms with E-state index in [-0.39, 0.29) is 0 Å². The van der Waals surface area contributed by atoms with Gasteiger partial charge in [-0.1, -0.05) is 57.0 Å². The first-order chi connectivity index (χ1) is 10.1. The van der Waals surface area contributed by atoms with Gasteiger partial charge in [0, 0.05) is 31.7 Å². The fourth-order valence-electron chi connectivity index (χ4n) is 3.39. The number of hydrogen-bond acceptors (Lipinski definition) is 2. The van der Waals surface area contributed by atoms with E-state index < -0.39 is 0 Å². The van der Waals surface area contributed by atoms with Gasteiger partial charge in [-0.2, -0.15) is 0 Å². The minimum absolute atomic E-state index is 0.656. The fourth-order valence-corrected chi connectivity index (χ4v) is 3.39. The van der Waals surface area contributed by atoms with Crippen LogP contribution in [0.3, 0.4) is 0 Å². The third kappa shape index (κ3) is 5.12. The molecule has 2 unspecified atom stereocenters. The molecule has 0 amide bonds. The molecule has 1 aromatic rings. The summed E-state index contributed by atoms with van der Waals surface area (Å²) in [5.41, 5.74) is 2.80. The standard InChI is InChI=1S/C19H32N2/c1-5-6-19-12-20-18(11-15(2)3)14-21(19)13-17-9-7-16(4)8-10-17/h7-10,15,18-20H,5-6,11-14H2,1-4H3. The summed E-state index contributed by atoms with van der Waals surface area (Å²) in [5.74, 6) is 0.770. The largest absolute Gasteiger partial charge is 0.311 e. The lowest BCUT2D eigenvalue weighted by molar-refractivity contribution is 0.108. The van der Waals surface area contributed by atoms with Gasteiger partial charge in [0.25, 0.3) is 0 Å². The first-order valence-electron chi connectivity index (χ1n) is 8.61. The van der Waals surface area contributed by atoms with Gasteiger partial charge in [-0.05, 0) is 31.2 Å². The normalized spacial score (nSPS) is 23.7. The van der Waals surface area contributed by atoms with E-state index in [0.29, 0.717) is 12.1 Å². The number of hydrogen-bond donors (Lipinski definition) is 1. The van der Waals surface area contributed by atoms with Crippen LogP contribution in [0.4, 0.5) is 0 Å². The van der Waals surface area contributed by atoms with Crippen molar-refractivity contribution < 1.29 is 0 Å². The highest BCUT2D eigenvalue weighted by Crippen LogP contribution is 2.19. The lowest BCUT2D eigenvalue weighted by Gasteiger charge is -2.41. The van der Waals surface area contributed by atoms with Crippen molar-refractivity contribution in [1.29, 1.82) is 0 Å². The van der Waals surface area contributed by atoms with Crippen LogP contribution in [0, 0.1) is 12.8 Å². The van der Waals surface area contributed by atoms with Gasteiger partial charge < -0.3 is 5.32 Å². The Kier molecular flexibility index (Phi) is 6.25. The maximum Gasteiger partial charge on any atom is 0.0237 e. The summed E-state index contributed by atoms with van der Waals surface area (Å²) >= 11 is 0. The molecule has 1 N–H and O–H groups in total. The molecule has 1 aromatic carbocycles. The third-order valence-electron chi connectivity index (χ3n) is 4.50. The van der Waals surface area contributed by atoms with E-state index in [0.717, 1.165) is 19.0 Å². The van der Waals surface area contributed by atoms with E-state index in [2.05, 4.69) is 62.2 Å². The van der Waals surface area contributed by atoms with Crippen LogP contribution in [0.25, 0.3) is 0 Å². The number of aryl methyl sites for hydroxylation is 1. The van der Waals surface area contributed by atoms with Gasteiger partial charge in [0.15, 0.2) is 0 Å². The summed E-state index contributed by atoms with van der Waals surface area (Å²) in [6.45, 7) is 12.5. The van der Waals surface area contributed by atoms with E-state index in [1.165, 1.54) is 36.9 Å². The molecule has 0 bridgehead atoms. The van der Waals surface area contributed by atoms with Crippen LogP contribution < -0.4 is 5.32 Å². The molecule has 0 radical (unpaired) electrons. The molecule has 2 atom stereocenters. The van der Waals surface area contributed by atoms with Crippen LogP contribution in [-0.4, -0.2) is 30.1 Å². The molecule has 1 saturated heterocycles.